The van der Waals surface area contributed by atoms with Gasteiger partial charge in [0.25, 0.3) is 5.91 Å². The highest BCUT2D eigenvalue weighted by Crippen LogP contribution is 2.14. The van der Waals surface area contributed by atoms with Crippen LogP contribution in [0.3, 0.4) is 0 Å². The maximum atomic E-state index is 12.0. The van der Waals surface area contributed by atoms with Gasteiger partial charge in [0.2, 0.25) is 0 Å². The molecule has 19 heavy (non-hydrogen) atoms. The van der Waals surface area contributed by atoms with Crippen molar-refractivity contribution in [2.75, 3.05) is 13.1 Å². The van der Waals surface area contributed by atoms with Crippen LogP contribution in [-0.4, -0.2) is 24.0 Å². The lowest BCUT2D eigenvalue weighted by Crippen LogP contribution is -2.38. The van der Waals surface area contributed by atoms with Crippen LogP contribution in [0.4, 0.5) is 0 Å². The highest BCUT2D eigenvalue weighted by Gasteiger charge is 2.17. The van der Waals surface area contributed by atoms with Crippen LogP contribution < -0.4 is 16.8 Å². The van der Waals surface area contributed by atoms with Gasteiger partial charge in [-0.25, -0.2) is 4.79 Å². The molecule has 0 fully saturated rings. The average Bonchev–Trinajstić information content (AvgIpc) is 2.75. The normalized spacial score (nSPS) is 11.7. The number of H-pyrrole nitrogens is 1. The Kier molecular flexibility index (Phi) is 3.44. The van der Waals surface area contributed by atoms with Crippen LogP contribution in [0.15, 0.2) is 27.4 Å². The van der Waals surface area contributed by atoms with Gasteiger partial charge in [0, 0.05) is 12.1 Å². The molecule has 0 saturated heterocycles. The summed E-state index contributed by atoms with van der Waals surface area (Å²) in [5.41, 5.74) is 6.84. The Balaban J connectivity index is 2.15. The van der Waals surface area contributed by atoms with Crippen LogP contribution in [0.25, 0.3) is 11.1 Å². The van der Waals surface area contributed by atoms with Crippen molar-refractivity contribution in [1.82, 2.24) is 10.3 Å². The molecule has 1 amide bonds. The Morgan fingerprint density at radius 1 is 1.47 bits per heavy atom. The van der Waals surface area contributed by atoms with Crippen molar-refractivity contribution in [2.24, 2.45) is 11.1 Å². The third-order valence-electron chi connectivity index (χ3n) is 2.96. The molecule has 6 nitrogen and oxygen atoms in total. The van der Waals surface area contributed by atoms with E-state index in [0.29, 0.717) is 29.8 Å². The zero-order chi connectivity index (χ0) is 14.0. The number of hydrogen-bond donors (Lipinski definition) is 3. The molecule has 0 unspecified atom stereocenters. The fourth-order valence-electron chi connectivity index (χ4n) is 1.58. The summed E-state index contributed by atoms with van der Waals surface area (Å²) in [7, 11) is 0. The Morgan fingerprint density at radius 2 is 2.21 bits per heavy atom. The predicted molar refractivity (Wildman–Crippen MR) is 72.0 cm³/mol. The Hall–Kier alpha value is -2.08. The number of hydrogen-bond acceptors (Lipinski definition) is 4. The van der Waals surface area contributed by atoms with E-state index in [1.165, 1.54) is 6.07 Å². The minimum absolute atomic E-state index is 0.152. The summed E-state index contributed by atoms with van der Waals surface area (Å²) in [6.45, 7) is 4.92. The molecule has 4 N–H and O–H groups in total. The summed E-state index contributed by atoms with van der Waals surface area (Å²) >= 11 is 0. The van der Waals surface area contributed by atoms with E-state index in [1.54, 1.807) is 12.1 Å². The maximum Gasteiger partial charge on any atom is 0.417 e. The fraction of sp³-hybridized carbons (Fsp3) is 0.385. The number of rotatable bonds is 4. The lowest BCUT2D eigenvalue weighted by atomic mass is 9.94. The average molecular weight is 263 g/mol. The summed E-state index contributed by atoms with van der Waals surface area (Å²) < 4.78 is 4.91. The molecule has 0 bridgehead atoms. The van der Waals surface area contributed by atoms with Gasteiger partial charge in [-0.05, 0) is 30.2 Å². The number of benzene rings is 1. The summed E-state index contributed by atoms with van der Waals surface area (Å²) in [5.74, 6) is -0.746. The molecule has 0 aliphatic carbocycles. The maximum absolute atomic E-state index is 12.0. The first-order valence-corrected chi connectivity index (χ1v) is 6.02. The number of aromatic amines is 1. The summed E-state index contributed by atoms with van der Waals surface area (Å²) in [6, 6.07) is 4.82. The van der Waals surface area contributed by atoms with Crippen molar-refractivity contribution < 1.29 is 9.21 Å². The number of carbonyl (C=O) groups is 1. The van der Waals surface area contributed by atoms with E-state index in [0.717, 1.165) is 0 Å². The summed E-state index contributed by atoms with van der Waals surface area (Å²) in [4.78, 5) is 25.5. The van der Waals surface area contributed by atoms with E-state index in [9.17, 15) is 9.59 Å². The van der Waals surface area contributed by atoms with Crippen LogP contribution in [0.2, 0.25) is 0 Å². The molecule has 2 rings (SSSR count). The molecule has 0 saturated carbocycles. The van der Waals surface area contributed by atoms with E-state index < -0.39 is 5.76 Å². The minimum atomic E-state index is -0.531. The van der Waals surface area contributed by atoms with Crippen LogP contribution in [0.5, 0.6) is 0 Å². The number of oxazole rings is 1. The van der Waals surface area contributed by atoms with Gasteiger partial charge in [0.15, 0.2) is 5.58 Å². The van der Waals surface area contributed by atoms with Crippen molar-refractivity contribution in [3.05, 3.63) is 34.3 Å². The molecule has 2 aromatic rings. The van der Waals surface area contributed by atoms with Gasteiger partial charge in [0.05, 0.1) is 5.52 Å². The Bertz CT molecular complexity index is 654. The second kappa shape index (κ2) is 4.89. The fourth-order valence-corrected chi connectivity index (χ4v) is 1.58. The van der Waals surface area contributed by atoms with Gasteiger partial charge in [-0.1, -0.05) is 13.8 Å². The first-order chi connectivity index (χ1) is 8.91. The van der Waals surface area contributed by atoms with Crippen LogP contribution in [-0.2, 0) is 0 Å². The third-order valence-corrected chi connectivity index (χ3v) is 2.96. The monoisotopic (exact) mass is 263 g/mol. The number of nitrogens with one attached hydrogen (secondary N) is 2. The van der Waals surface area contributed by atoms with Gasteiger partial charge in [0.1, 0.15) is 0 Å². The molecule has 102 valence electrons. The van der Waals surface area contributed by atoms with Crippen LogP contribution >= 0.6 is 0 Å². The lowest BCUT2D eigenvalue weighted by Gasteiger charge is -2.22. The molecule has 0 aliphatic heterocycles. The molecule has 1 aromatic heterocycles. The predicted octanol–water partition coefficient (Wildman–Crippen LogP) is 0.836. The first kappa shape index (κ1) is 13.4. The van der Waals surface area contributed by atoms with E-state index in [4.69, 9.17) is 10.2 Å². The molecule has 1 aromatic carbocycles. The van der Waals surface area contributed by atoms with Gasteiger partial charge in [-0.15, -0.1) is 0 Å². The van der Waals surface area contributed by atoms with Gasteiger partial charge in [-0.3, -0.25) is 9.78 Å². The highest BCUT2D eigenvalue weighted by atomic mass is 16.4. The van der Waals surface area contributed by atoms with Crippen LogP contribution in [0, 0.1) is 5.41 Å². The number of amides is 1. The molecule has 0 aliphatic rings. The largest absolute Gasteiger partial charge is 0.417 e. The number of nitrogens with two attached hydrogens (primary N) is 1. The molecule has 6 heteroatoms. The second-order valence-corrected chi connectivity index (χ2v) is 5.28. The SMILES string of the molecule is CC(C)(CN)CNC(=O)c1ccc2[nH]c(=O)oc2c1. The van der Waals surface area contributed by atoms with Crippen molar-refractivity contribution >= 4 is 17.0 Å². The van der Waals surface area contributed by atoms with Crippen molar-refractivity contribution in [1.29, 1.82) is 0 Å². The third kappa shape index (κ3) is 3.03. The molecular formula is C13H17N3O3. The Labute approximate surface area is 110 Å². The van der Waals surface area contributed by atoms with E-state index in [2.05, 4.69) is 10.3 Å². The quantitative estimate of drug-likeness (QED) is 0.760. The van der Waals surface area contributed by atoms with Crippen molar-refractivity contribution in [2.45, 2.75) is 13.8 Å². The minimum Gasteiger partial charge on any atom is -0.408 e. The zero-order valence-electron chi connectivity index (χ0n) is 10.9. The highest BCUT2D eigenvalue weighted by molar-refractivity contribution is 5.96. The standard InChI is InChI=1S/C13H17N3O3/c1-13(2,6-14)7-15-11(17)8-3-4-9-10(5-8)19-12(18)16-9/h3-5H,6-7,14H2,1-2H3,(H,15,17)(H,16,18). The lowest BCUT2D eigenvalue weighted by molar-refractivity contribution is 0.0938. The van der Waals surface area contributed by atoms with E-state index in [1.807, 2.05) is 13.8 Å². The smallest absolute Gasteiger partial charge is 0.408 e. The van der Waals surface area contributed by atoms with Crippen molar-refractivity contribution in [3.8, 4) is 0 Å². The Morgan fingerprint density at radius 3 is 2.89 bits per heavy atom. The van der Waals surface area contributed by atoms with Crippen LogP contribution in [0.1, 0.15) is 24.2 Å². The van der Waals surface area contributed by atoms with Gasteiger partial charge >= 0.3 is 5.76 Å². The number of fused-ring (bicyclic) bond motifs is 1. The van der Waals surface area contributed by atoms with E-state index >= 15 is 0 Å². The molecular weight excluding hydrogens is 246 g/mol. The van der Waals surface area contributed by atoms with E-state index in [-0.39, 0.29) is 11.3 Å². The number of carbonyl (C=O) groups excluding carboxylic acids is 1. The zero-order valence-corrected chi connectivity index (χ0v) is 10.9. The summed E-state index contributed by atoms with van der Waals surface area (Å²) in [6.07, 6.45) is 0. The number of aromatic nitrogens is 1. The second-order valence-electron chi connectivity index (χ2n) is 5.28. The molecule has 0 spiro atoms. The molecule has 0 atom stereocenters. The molecule has 0 radical (unpaired) electrons. The summed E-state index contributed by atoms with van der Waals surface area (Å²) in [5, 5.41) is 2.81. The molecule has 1 heterocycles. The van der Waals surface area contributed by atoms with Gasteiger partial charge in [-0.2, -0.15) is 0 Å². The first-order valence-electron chi connectivity index (χ1n) is 6.02. The van der Waals surface area contributed by atoms with Crippen molar-refractivity contribution in [3.63, 3.8) is 0 Å². The van der Waals surface area contributed by atoms with Gasteiger partial charge < -0.3 is 15.5 Å². The topological polar surface area (TPSA) is 101 Å².